The largest absolute Gasteiger partial charge is 0.331 e. The summed E-state index contributed by atoms with van der Waals surface area (Å²) in [5.74, 6) is -0.873. The van der Waals surface area contributed by atoms with Crippen molar-refractivity contribution in [3.63, 3.8) is 0 Å². The lowest BCUT2D eigenvalue weighted by Crippen LogP contribution is -2.34. The topological polar surface area (TPSA) is 73.2 Å². The van der Waals surface area contributed by atoms with Gasteiger partial charge in [0.25, 0.3) is 5.56 Å². The maximum absolute atomic E-state index is 15.0. The highest BCUT2D eigenvalue weighted by atomic mass is 19.1. The van der Waals surface area contributed by atoms with Crippen LogP contribution in [0.4, 0.5) is 4.39 Å². The van der Waals surface area contributed by atoms with Crippen LogP contribution in [0.15, 0.2) is 59.4 Å². The highest BCUT2D eigenvalue weighted by Crippen LogP contribution is 2.24. The number of benzene rings is 2. The molecule has 0 aliphatic rings. The molecule has 0 aliphatic heterocycles. The van der Waals surface area contributed by atoms with E-state index in [0.717, 1.165) is 11.6 Å². The molecule has 122 valence electrons. The summed E-state index contributed by atoms with van der Waals surface area (Å²) in [6.07, 6.45) is -1.67. The zero-order valence-corrected chi connectivity index (χ0v) is 12.8. The number of aromatic nitrogens is 2. The van der Waals surface area contributed by atoms with Crippen molar-refractivity contribution in [2.24, 2.45) is 0 Å². The van der Waals surface area contributed by atoms with Crippen molar-refractivity contribution in [2.45, 2.75) is 13.1 Å². The van der Waals surface area contributed by atoms with Crippen molar-refractivity contribution in [1.29, 1.82) is 0 Å². The van der Waals surface area contributed by atoms with Gasteiger partial charge < -0.3 is 4.84 Å². The van der Waals surface area contributed by atoms with Gasteiger partial charge in [0.1, 0.15) is 0 Å². The fraction of sp³-hybridized carbons (Fsp3) is 0.118. The minimum Gasteiger partial charge on any atom is -0.328 e. The zero-order chi connectivity index (χ0) is 17.1. The monoisotopic (exact) mass is 327 g/mol. The highest BCUT2D eigenvalue weighted by molar-refractivity contribution is 5.77. The van der Waals surface area contributed by atoms with E-state index in [9.17, 15) is 14.0 Å². The molecule has 0 saturated carbocycles. The summed E-state index contributed by atoms with van der Waals surface area (Å²) < 4.78 is 15.8. The van der Waals surface area contributed by atoms with Crippen molar-refractivity contribution in [2.75, 3.05) is 5.59 Å². The summed E-state index contributed by atoms with van der Waals surface area (Å²) >= 11 is 0. The fourth-order valence-corrected chi connectivity index (χ4v) is 2.29. The summed E-state index contributed by atoms with van der Waals surface area (Å²) in [7, 11) is 0. The minimum absolute atomic E-state index is 0.203. The summed E-state index contributed by atoms with van der Waals surface area (Å²) in [4.78, 5) is 32.5. The molecular formula is C17H14FN3O3. The van der Waals surface area contributed by atoms with E-state index in [2.05, 4.69) is 15.4 Å². The number of halogens is 1. The van der Waals surface area contributed by atoms with Crippen molar-refractivity contribution < 1.29 is 14.0 Å². The number of nitrogens with one attached hydrogen (secondary N) is 1. The van der Waals surface area contributed by atoms with Crippen LogP contribution in [0.1, 0.15) is 24.5 Å². The number of fused-ring (bicyclic) bond motifs is 1. The van der Waals surface area contributed by atoms with Crippen LogP contribution in [0.5, 0.6) is 0 Å². The van der Waals surface area contributed by atoms with E-state index in [-0.39, 0.29) is 11.2 Å². The lowest BCUT2D eigenvalue weighted by atomic mass is 10.1. The number of alkyl halides is 1. The Morgan fingerprint density at radius 1 is 1.17 bits per heavy atom. The molecule has 0 saturated heterocycles. The van der Waals surface area contributed by atoms with Gasteiger partial charge in [0.2, 0.25) is 0 Å². The zero-order valence-electron chi connectivity index (χ0n) is 12.8. The first-order valence-electron chi connectivity index (χ1n) is 7.22. The van der Waals surface area contributed by atoms with E-state index >= 15 is 0 Å². The molecular weight excluding hydrogens is 313 g/mol. The molecule has 0 bridgehead atoms. The van der Waals surface area contributed by atoms with Gasteiger partial charge in [0, 0.05) is 6.92 Å². The number of hydrogen-bond donors (Lipinski definition) is 1. The van der Waals surface area contributed by atoms with Gasteiger partial charge in [0.05, 0.1) is 10.9 Å². The third-order valence-electron chi connectivity index (χ3n) is 3.40. The number of nitrogens with zero attached hydrogens (tertiary/aromatic N) is 2. The Morgan fingerprint density at radius 2 is 1.83 bits per heavy atom. The lowest BCUT2D eigenvalue weighted by molar-refractivity contribution is -0.139. The number of hydrogen-bond acceptors (Lipinski definition) is 5. The van der Waals surface area contributed by atoms with E-state index < -0.39 is 17.7 Å². The van der Waals surface area contributed by atoms with Crippen LogP contribution in [-0.2, 0) is 9.63 Å². The number of para-hydroxylation sites is 1. The summed E-state index contributed by atoms with van der Waals surface area (Å²) in [6, 6.07) is 14.9. The van der Waals surface area contributed by atoms with E-state index in [1.807, 2.05) is 0 Å². The van der Waals surface area contributed by atoms with Gasteiger partial charge in [-0.3, -0.25) is 4.79 Å². The fourth-order valence-electron chi connectivity index (χ4n) is 2.29. The molecule has 1 unspecified atom stereocenters. The summed E-state index contributed by atoms with van der Waals surface area (Å²) in [5, 5.41) is 0.279. The number of rotatable bonds is 4. The highest BCUT2D eigenvalue weighted by Gasteiger charge is 2.22. The molecule has 24 heavy (non-hydrogen) atoms. The molecule has 0 fully saturated rings. The lowest BCUT2D eigenvalue weighted by Gasteiger charge is -2.16. The first-order chi connectivity index (χ1) is 11.6. The van der Waals surface area contributed by atoms with E-state index in [4.69, 9.17) is 0 Å². The Labute approximate surface area is 136 Å². The van der Waals surface area contributed by atoms with Crippen molar-refractivity contribution >= 4 is 16.9 Å². The van der Waals surface area contributed by atoms with Gasteiger partial charge in [-0.25, -0.2) is 14.2 Å². The van der Waals surface area contributed by atoms with E-state index in [1.165, 1.54) is 0 Å². The molecule has 0 amide bonds. The molecule has 1 atom stereocenters. The minimum atomic E-state index is -1.67. The summed E-state index contributed by atoms with van der Waals surface area (Å²) in [5.41, 5.74) is 2.31. The third-order valence-corrected chi connectivity index (χ3v) is 3.40. The van der Waals surface area contributed by atoms with Crippen LogP contribution in [0.2, 0.25) is 0 Å². The van der Waals surface area contributed by atoms with Crippen LogP contribution in [0.25, 0.3) is 10.9 Å². The molecule has 3 aromatic rings. The Bertz CT molecular complexity index is 941. The molecule has 1 heterocycles. The maximum atomic E-state index is 15.0. The van der Waals surface area contributed by atoms with Crippen LogP contribution in [0.3, 0.4) is 0 Å². The Morgan fingerprint density at radius 3 is 2.54 bits per heavy atom. The first kappa shape index (κ1) is 15.7. The second-order valence-corrected chi connectivity index (χ2v) is 5.09. The van der Waals surface area contributed by atoms with Crippen molar-refractivity contribution in [3.05, 3.63) is 76.3 Å². The molecule has 2 aromatic carbocycles. The van der Waals surface area contributed by atoms with Gasteiger partial charge in [-0.2, -0.15) is 4.68 Å². The molecule has 0 spiro atoms. The van der Waals surface area contributed by atoms with Crippen molar-refractivity contribution in [3.8, 4) is 0 Å². The van der Waals surface area contributed by atoms with Gasteiger partial charge >= 0.3 is 5.97 Å². The van der Waals surface area contributed by atoms with Crippen LogP contribution >= 0.6 is 0 Å². The van der Waals surface area contributed by atoms with Gasteiger partial charge in [-0.05, 0) is 17.7 Å². The van der Waals surface area contributed by atoms with Gasteiger partial charge in [0.15, 0.2) is 12.0 Å². The second kappa shape index (κ2) is 6.49. The van der Waals surface area contributed by atoms with Gasteiger partial charge in [-0.15, -0.1) is 5.59 Å². The van der Waals surface area contributed by atoms with E-state index in [0.29, 0.717) is 11.1 Å². The van der Waals surface area contributed by atoms with Crippen LogP contribution in [-0.4, -0.2) is 15.6 Å². The number of carbonyl (C=O) groups is 1. The Balaban J connectivity index is 2.18. The molecule has 7 heteroatoms. The molecule has 1 aromatic heterocycles. The SMILES string of the molecule is CC(=O)ONn1c(C(F)c2ccccc2)nc2ccccc2c1=O. The average Bonchev–Trinajstić information content (AvgIpc) is 2.61. The first-order valence-corrected chi connectivity index (χ1v) is 7.22. The predicted molar refractivity (Wildman–Crippen MR) is 86.5 cm³/mol. The van der Waals surface area contributed by atoms with Gasteiger partial charge in [-0.1, -0.05) is 42.5 Å². The molecule has 0 aliphatic carbocycles. The smallest absolute Gasteiger partial charge is 0.328 e. The molecule has 0 radical (unpaired) electrons. The van der Waals surface area contributed by atoms with Crippen LogP contribution in [0, 0.1) is 0 Å². The van der Waals surface area contributed by atoms with Crippen molar-refractivity contribution in [1.82, 2.24) is 9.66 Å². The number of carbonyl (C=O) groups excluding carboxylic acids is 1. The average molecular weight is 327 g/mol. The quantitative estimate of drug-likeness (QED) is 0.745. The normalized spacial score (nSPS) is 11.9. The predicted octanol–water partition coefficient (Wildman–Crippen LogP) is 2.48. The summed E-state index contributed by atoms with van der Waals surface area (Å²) in [6.45, 7) is 1.16. The standard InChI is InChI=1S/C17H14FN3O3/c1-11(22)24-20-21-16(15(18)12-7-3-2-4-8-12)19-14-10-6-5-9-13(14)17(21)23/h2-10,15,20H,1H3. The third kappa shape index (κ3) is 2.96. The molecule has 3 rings (SSSR count). The second-order valence-electron chi connectivity index (χ2n) is 5.09. The Kier molecular flexibility index (Phi) is 4.24. The Hall–Kier alpha value is -3.22. The molecule has 1 N–H and O–H groups in total. The molecule has 6 nitrogen and oxygen atoms in total. The van der Waals surface area contributed by atoms with E-state index in [1.54, 1.807) is 54.6 Å². The maximum Gasteiger partial charge on any atom is 0.331 e. The van der Waals surface area contributed by atoms with Crippen LogP contribution < -0.4 is 11.1 Å².